The number of rotatable bonds is 3. The van der Waals surface area contributed by atoms with E-state index in [1.54, 1.807) is 20.3 Å². The molecule has 1 aromatic heterocycles. The van der Waals surface area contributed by atoms with Gasteiger partial charge in [-0.2, -0.15) is 0 Å². The van der Waals surface area contributed by atoms with Crippen molar-refractivity contribution in [3.63, 3.8) is 0 Å². The number of benzene rings is 1. The van der Waals surface area contributed by atoms with Crippen LogP contribution in [-0.2, 0) is 0 Å². The molecule has 0 aliphatic carbocycles. The van der Waals surface area contributed by atoms with Crippen LogP contribution in [0.15, 0.2) is 22.7 Å². The molecule has 0 spiro atoms. The number of nitrogens with zero attached hydrogens (tertiary/aromatic N) is 1. The molecule has 2 aromatic rings. The van der Waals surface area contributed by atoms with Crippen LogP contribution in [-0.4, -0.2) is 19.4 Å². The first-order chi connectivity index (χ1) is 8.15. The van der Waals surface area contributed by atoms with Gasteiger partial charge in [-0.05, 0) is 34.7 Å². The molecule has 6 heteroatoms. The number of methoxy groups -OCH3 is 2. The molecule has 5 nitrogen and oxygen atoms in total. The number of halogens is 1. The molecule has 0 atom stereocenters. The van der Waals surface area contributed by atoms with Gasteiger partial charge in [-0.1, -0.05) is 5.16 Å². The van der Waals surface area contributed by atoms with Crippen molar-refractivity contribution in [3.05, 3.63) is 21.8 Å². The minimum Gasteiger partial charge on any atom is -0.497 e. The number of aromatic nitrogens is 1. The second-order valence-corrected chi connectivity index (χ2v) is 4.39. The third kappa shape index (κ3) is 2.31. The largest absolute Gasteiger partial charge is 0.497 e. The Balaban J connectivity index is 2.54. The van der Waals surface area contributed by atoms with Crippen LogP contribution in [0.3, 0.4) is 0 Å². The van der Waals surface area contributed by atoms with E-state index >= 15 is 0 Å². The molecule has 1 aromatic carbocycles. The van der Waals surface area contributed by atoms with Crippen LogP contribution in [0, 0.1) is 3.57 Å². The normalized spacial score (nSPS) is 10.3. The summed E-state index contributed by atoms with van der Waals surface area (Å²) in [7, 11) is 3.19. The second kappa shape index (κ2) is 4.82. The molecule has 17 heavy (non-hydrogen) atoms. The fraction of sp³-hybridized carbons (Fsp3) is 0.182. The monoisotopic (exact) mass is 346 g/mol. The van der Waals surface area contributed by atoms with Crippen LogP contribution < -0.4 is 15.2 Å². The molecule has 2 N–H and O–H groups in total. The number of hydrogen-bond donors (Lipinski definition) is 1. The molecule has 0 amide bonds. The summed E-state index contributed by atoms with van der Waals surface area (Å²) in [6.07, 6.45) is 0. The Kier molecular flexibility index (Phi) is 3.41. The summed E-state index contributed by atoms with van der Waals surface area (Å²) < 4.78 is 16.3. The van der Waals surface area contributed by atoms with E-state index in [1.807, 2.05) is 12.1 Å². The molecule has 0 aliphatic heterocycles. The summed E-state index contributed by atoms with van der Waals surface area (Å²) in [5.41, 5.74) is 6.46. The Morgan fingerprint density at radius 1 is 1.18 bits per heavy atom. The summed E-state index contributed by atoms with van der Waals surface area (Å²) in [4.78, 5) is 0. The molecule has 0 fully saturated rings. The molecule has 0 unspecified atom stereocenters. The Labute approximate surface area is 112 Å². The number of ether oxygens (including phenoxy) is 2. The third-order valence-electron chi connectivity index (χ3n) is 2.27. The van der Waals surface area contributed by atoms with Gasteiger partial charge in [0.1, 0.15) is 15.1 Å². The van der Waals surface area contributed by atoms with Crippen LogP contribution >= 0.6 is 22.6 Å². The van der Waals surface area contributed by atoms with Crippen molar-refractivity contribution in [3.8, 4) is 22.8 Å². The fourth-order valence-corrected chi connectivity index (χ4v) is 1.92. The quantitative estimate of drug-likeness (QED) is 0.865. The number of anilines is 1. The van der Waals surface area contributed by atoms with Gasteiger partial charge in [0, 0.05) is 11.6 Å². The first-order valence-corrected chi connectivity index (χ1v) is 5.87. The average molecular weight is 346 g/mol. The van der Waals surface area contributed by atoms with Crippen molar-refractivity contribution in [2.75, 3.05) is 20.0 Å². The molecule has 2 rings (SSSR count). The predicted octanol–water partition coefficient (Wildman–Crippen LogP) is 2.55. The van der Waals surface area contributed by atoms with E-state index < -0.39 is 0 Å². The molecular formula is C11H11IN2O3. The number of nitrogen functional groups attached to an aromatic ring is 1. The van der Waals surface area contributed by atoms with Crippen LogP contribution in [0.25, 0.3) is 11.3 Å². The van der Waals surface area contributed by atoms with Gasteiger partial charge in [-0.15, -0.1) is 0 Å². The highest BCUT2D eigenvalue weighted by atomic mass is 127. The average Bonchev–Trinajstić information content (AvgIpc) is 2.69. The summed E-state index contributed by atoms with van der Waals surface area (Å²) in [5.74, 6) is 2.36. The van der Waals surface area contributed by atoms with Gasteiger partial charge in [0.2, 0.25) is 0 Å². The lowest BCUT2D eigenvalue weighted by atomic mass is 10.1. The highest BCUT2D eigenvalue weighted by Gasteiger charge is 2.15. The smallest absolute Gasteiger partial charge is 0.182 e. The molecule has 90 valence electrons. The molecular weight excluding hydrogens is 335 g/mol. The molecule has 0 saturated carbocycles. The number of nitrogens with two attached hydrogens (primary N) is 1. The van der Waals surface area contributed by atoms with Crippen molar-refractivity contribution in [1.29, 1.82) is 0 Å². The van der Waals surface area contributed by atoms with E-state index in [9.17, 15) is 0 Å². The minimum atomic E-state index is 0.377. The predicted molar refractivity (Wildman–Crippen MR) is 72.2 cm³/mol. The van der Waals surface area contributed by atoms with Gasteiger partial charge in [-0.3, -0.25) is 0 Å². The maximum atomic E-state index is 5.64. The van der Waals surface area contributed by atoms with Gasteiger partial charge in [0.05, 0.1) is 14.2 Å². The standard InChI is InChI=1S/C11H11IN2O3/c1-15-7-3-6(4-8(5-7)16-2)10-9(12)11(13)14-17-10/h3-5H,1-2H3,(H2,13,14). The van der Waals surface area contributed by atoms with Crippen LogP contribution in [0.2, 0.25) is 0 Å². The molecule has 0 bridgehead atoms. The summed E-state index contributed by atoms with van der Waals surface area (Å²) in [5, 5.41) is 3.72. The first kappa shape index (κ1) is 12.0. The minimum absolute atomic E-state index is 0.377. The highest BCUT2D eigenvalue weighted by molar-refractivity contribution is 14.1. The Bertz CT molecular complexity index is 517. The second-order valence-electron chi connectivity index (χ2n) is 3.31. The van der Waals surface area contributed by atoms with Crippen LogP contribution in [0.1, 0.15) is 0 Å². The lowest BCUT2D eigenvalue weighted by Gasteiger charge is -2.06. The summed E-state index contributed by atoms with van der Waals surface area (Å²) in [6.45, 7) is 0. The van der Waals surface area contributed by atoms with E-state index in [-0.39, 0.29) is 0 Å². The van der Waals surface area contributed by atoms with Gasteiger partial charge in [0.15, 0.2) is 11.6 Å². The summed E-state index contributed by atoms with van der Waals surface area (Å²) >= 11 is 2.09. The maximum Gasteiger partial charge on any atom is 0.182 e. The van der Waals surface area contributed by atoms with Crippen molar-refractivity contribution in [2.24, 2.45) is 0 Å². The van der Waals surface area contributed by atoms with Gasteiger partial charge in [-0.25, -0.2) is 0 Å². The zero-order valence-corrected chi connectivity index (χ0v) is 11.5. The van der Waals surface area contributed by atoms with E-state index in [2.05, 4.69) is 27.7 Å². The van der Waals surface area contributed by atoms with E-state index in [0.29, 0.717) is 23.1 Å². The van der Waals surface area contributed by atoms with E-state index in [4.69, 9.17) is 19.7 Å². The van der Waals surface area contributed by atoms with E-state index in [1.165, 1.54) is 0 Å². The Morgan fingerprint density at radius 3 is 2.18 bits per heavy atom. The zero-order valence-electron chi connectivity index (χ0n) is 9.36. The van der Waals surface area contributed by atoms with Crippen molar-refractivity contribution in [1.82, 2.24) is 5.16 Å². The zero-order chi connectivity index (χ0) is 12.4. The lowest BCUT2D eigenvalue weighted by Crippen LogP contribution is -1.89. The maximum absolute atomic E-state index is 5.64. The topological polar surface area (TPSA) is 70.5 Å². The van der Waals surface area contributed by atoms with Crippen molar-refractivity contribution >= 4 is 28.4 Å². The Morgan fingerprint density at radius 2 is 1.76 bits per heavy atom. The Hall–Kier alpha value is -1.44. The molecule has 0 saturated heterocycles. The van der Waals surface area contributed by atoms with Crippen molar-refractivity contribution < 1.29 is 14.0 Å². The SMILES string of the molecule is COc1cc(OC)cc(-c2onc(N)c2I)c1. The number of hydrogen-bond acceptors (Lipinski definition) is 5. The molecule has 0 radical (unpaired) electrons. The lowest BCUT2D eigenvalue weighted by molar-refractivity contribution is 0.393. The van der Waals surface area contributed by atoms with E-state index in [0.717, 1.165) is 9.13 Å². The first-order valence-electron chi connectivity index (χ1n) is 4.79. The van der Waals surface area contributed by atoms with Crippen LogP contribution in [0.4, 0.5) is 5.82 Å². The van der Waals surface area contributed by atoms with Gasteiger partial charge >= 0.3 is 0 Å². The third-order valence-corrected chi connectivity index (χ3v) is 3.32. The summed E-state index contributed by atoms with van der Waals surface area (Å²) in [6, 6.07) is 5.46. The molecule has 0 aliphatic rings. The fourth-order valence-electron chi connectivity index (χ4n) is 1.41. The highest BCUT2D eigenvalue weighted by Crippen LogP contribution is 2.34. The van der Waals surface area contributed by atoms with Crippen LogP contribution in [0.5, 0.6) is 11.5 Å². The molecule has 1 heterocycles. The van der Waals surface area contributed by atoms with Gasteiger partial charge in [0.25, 0.3) is 0 Å². The van der Waals surface area contributed by atoms with Crippen molar-refractivity contribution in [2.45, 2.75) is 0 Å². The van der Waals surface area contributed by atoms with Gasteiger partial charge < -0.3 is 19.7 Å².